The molecule has 0 aliphatic carbocycles. The van der Waals surface area contributed by atoms with E-state index in [9.17, 15) is 4.79 Å². The lowest BCUT2D eigenvalue weighted by Crippen LogP contribution is -2.25. The maximum Gasteiger partial charge on any atom is 0.244 e. The highest BCUT2D eigenvalue weighted by Gasteiger charge is 2.03. The fourth-order valence-corrected chi connectivity index (χ4v) is 1.85. The second kappa shape index (κ2) is 6.81. The zero-order valence-electron chi connectivity index (χ0n) is 10.3. The number of rotatable bonds is 5. The van der Waals surface area contributed by atoms with Gasteiger partial charge in [-0.1, -0.05) is 11.6 Å². The van der Waals surface area contributed by atoms with Gasteiger partial charge >= 0.3 is 0 Å². The van der Waals surface area contributed by atoms with Crippen LogP contribution in [0.4, 0.5) is 0 Å². The van der Waals surface area contributed by atoms with Crippen molar-refractivity contribution in [1.29, 1.82) is 0 Å². The SMILES string of the molecule is O=C(/C=C/c1ccco1)NCCC1=CCNCC1. The molecule has 4 nitrogen and oxygen atoms in total. The highest BCUT2D eigenvalue weighted by molar-refractivity contribution is 5.91. The molecule has 4 heteroatoms. The fraction of sp³-hybridized carbons (Fsp3) is 0.357. The molecule has 2 rings (SSSR count). The quantitative estimate of drug-likeness (QED) is 0.614. The van der Waals surface area contributed by atoms with Crippen LogP contribution >= 0.6 is 0 Å². The number of hydrogen-bond acceptors (Lipinski definition) is 3. The third-order valence-electron chi connectivity index (χ3n) is 2.85. The molecule has 0 bridgehead atoms. The molecular weight excluding hydrogens is 228 g/mol. The highest BCUT2D eigenvalue weighted by atomic mass is 16.3. The Kier molecular flexibility index (Phi) is 4.78. The lowest BCUT2D eigenvalue weighted by atomic mass is 10.1. The van der Waals surface area contributed by atoms with Gasteiger partial charge in [0.05, 0.1) is 6.26 Å². The Balaban J connectivity index is 1.67. The zero-order valence-corrected chi connectivity index (χ0v) is 10.3. The molecule has 0 unspecified atom stereocenters. The number of hydrogen-bond donors (Lipinski definition) is 2. The predicted octanol–water partition coefficient (Wildman–Crippen LogP) is 1.72. The van der Waals surface area contributed by atoms with Crippen molar-refractivity contribution < 1.29 is 9.21 Å². The average molecular weight is 246 g/mol. The average Bonchev–Trinajstić information content (AvgIpc) is 2.91. The molecule has 1 aromatic heterocycles. The molecule has 1 amide bonds. The Bertz CT molecular complexity index is 433. The standard InChI is InChI=1S/C14H18N2O2/c17-14(4-3-13-2-1-11-18-13)16-10-7-12-5-8-15-9-6-12/h1-5,11,15H,6-10H2,(H,16,17)/b4-3+. The molecule has 0 saturated carbocycles. The third kappa shape index (κ3) is 4.22. The largest absolute Gasteiger partial charge is 0.465 e. The molecule has 0 radical (unpaired) electrons. The Hall–Kier alpha value is -1.81. The maximum atomic E-state index is 11.5. The summed E-state index contributed by atoms with van der Waals surface area (Å²) in [5, 5.41) is 6.13. The van der Waals surface area contributed by atoms with Crippen LogP contribution in [-0.2, 0) is 4.79 Å². The minimum Gasteiger partial charge on any atom is -0.465 e. The first-order valence-electron chi connectivity index (χ1n) is 6.22. The van der Waals surface area contributed by atoms with Crippen LogP contribution in [0.2, 0.25) is 0 Å². The van der Waals surface area contributed by atoms with Crippen molar-refractivity contribution >= 4 is 12.0 Å². The van der Waals surface area contributed by atoms with E-state index in [2.05, 4.69) is 16.7 Å². The van der Waals surface area contributed by atoms with Gasteiger partial charge in [0.15, 0.2) is 0 Å². The van der Waals surface area contributed by atoms with Gasteiger partial charge in [-0.15, -0.1) is 0 Å². The van der Waals surface area contributed by atoms with Gasteiger partial charge in [-0.25, -0.2) is 0 Å². The molecule has 1 aromatic rings. The van der Waals surface area contributed by atoms with Crippen LogP contribution in [0.25, 0.3) is 6.08 Å². The van der Waals surface area contributed by atoms with E-state index < -0.39 is 0 Å². The Morgan fingerprint density at radius 2 is 2.50 bits per heavy atom. The summed E-state index contributed by atoms with van der Waals surface area (Å²) < 4.78 is 5.10. The van der Waals surface area contributed by atoms with Crippen LogP contribution in [0.15, 0.2) is 40.5 Å². The van der Waals surface area contributed by atoms with Crippen molar-refractivity contribution in [3.63, 3.8) is 0 Å². The number of carbonyl (C=O) groups excluding carboxylic acids is 1. The molecule has 0 aromatic carbocycles. The summed E-state index contributed by atoms with van der Waals surface area (Å²) in [4.78, 5) is 11.5. The van der Waals surface area contributed by atoms with Crippen molar-refractivity contribution in [3.8, 4) is 0 Å². The van der Waals surface area contributed by atoms with Crippen molar-refractivity contribution in [2.24, 2.45) is 0 Å². The first-order chi connectivity index (χ1) is 8.84. The van der Waals surface area contributed by atoms with Gasteiger partial charge in [0, 0.05) is 19.2 Å². The summed E-state index contributed by atoms with van der Waals surface area (Å²) >= 11 is 0. The molecule has 96 valence electrons. The van der Waals surface area contributed by atoms with E-state index in [1.165, 1.54) is 11.6 Å². The van der Waals surface area contributed by atoms with Gasteiger partial charge in [-0.3, -0.25) is 4.79 Å². The topological polar surface area (TPSA) is 54.3 Å². The normalized spacial score (nSPS) is 15.7. The van der Waals surface area contributed by atoms with E-state index in [0.717, 1.165) is 25.9 Å². The van der Waals surface area contributed by atoms with Crippen LogP contribution in [-0.4, -0.2) is 25.5 Å². The summed E-state index contributed by atoms with van der Waals surface area (Å²) in [6.45, 7) is 2.67. The van der Waals surface area contributed by atoms with Gasteiger partial charge in [-0.2, -0.15) is 0 Å². The summed E-state index contributed by atoms with van der Waals surface area (Å²) in [5.74, 6) is 0.604. The van der Waals surface area contributed by atoms with Gasteiger partial charge in [0.25, 0.3) is 0 Å². The molecule has 2 heterocycles. The second-order valence-corrected chi connectivity index (χ2v) is 4.21. The Morgan fingerprint density at radius 1 is 1.56 bits per heavy atom. The van der Waals surface area contributed by atoms with Crippen molar-refractivity contribution in [3.05, 3.63) is 41.9 Å². The minimum absolute atomic E-state index is 0.0825. The van der Waals surface area contributed by atoms with E-state index >= 15 is 0 Å². The predicted molar refractivity (Wildman–Crippen MR) is 70.9 cm³/mol. The summed E-state index contributed by atoms with van der Waals surface area (Å²) in [6, 6.07) is 3.60. The van der Waals surface area contributed by atoms with Crippen LogP contribution in [0.1, 0.15) is 18.6 Å². The van der Waals surface area contributed by atoms with Crippen LogP contribution in [0.5, 0.6) is 0 Å². The number of nitrogens with one attached hydrogen (secondary N) is 2. The lowest BCUT2D eigenvalue weighted by Gasteiger charge is -2.13. The lowest BCUT2D eigenvalue weighted by molar-refractivity contribution is -0.116. The van der Waals surface area contributed by atoms with Gasteiger partial charge in [0.2, 0.25) is 5.91 Å². The van der Waals surface area contributed by atoms with Crippen molar-refractivity contribution in [2.75, 3.05) is 19.6 Å². The summed E-state index contributed by atoms with van der Waals surface area (Å²) in [5.41, 5.74) is 1.42. The third-order valence-corrected chi connectivity index (χ3v) is 2.85. The van der Waals surface area contributed by atoms with Gasteiger partial charge in [0.1, 0.15) is 5.76 Å². The molecule has 0 atom stereocenters. The van der Waals surface area contributed by atoms with Crippen molar-refractivity contribution in [1.82, 2.24) is 10.6 Å². The smallest absolute Gasteiger partial charge is 0.244 e. The van der Waals surface area contributed by atoms with E-state index in [4.69, 9.17) is 4.42 Å². The molecule has 1 aliphatic rings. The first kappa shape index (κ1) is 12.6. The molecule has 0 spiro atoms. The maximum absolute atomic E-state index is 11.5. The molecular formula is C14H18N2O2. The highest BCUT2D eigenvalue weighted by Crippen LogP contribution is 2.07. The molecule has 18 heavy (non-hydrogen) atoms. The zero-order chi connectivity index (χ0) is 12.6. The number of amides is 1. The molecule has 1 aliphatic heterocycles. The van der Waals surface area contributed by atoms with Crippen LogP contribution in [0.3, 0.4) is 0 Å². The fourth-order valence-electron chi connectivity index (χ4n) is 1.85. The van der Waals surface area contributed by atoms with E-state index in [0.29, 0.717) is 12.3 Å². The molecule has 0 fully saturated rings. The summed E-state index contributed by atoms with van der Waals surface area (Å²) in [6.07, 6.45) is 8.96. The Morgan fingerprint density at radius 3 is 3.22 bits per heavy atom. The van der Waals surface area contributed by atoms with E-state index in [1.54, 1.807) is 18.4 Å². The van der Waals surface area contributed by atoms with Gasteiger partial charge < -0.3 is 15.1 Å². The number of carbonyl (C=O) groups is 1. The first-order valence-corrected chi connectivity index (χ1v) is 6.22. The van der Waals surface area contributed by atoms with Gasteiger partial charge in [-0.05, 0) is 37.6 Å². The van der Waals surface area contributed by atoms with Crippen LogP contribution in [0, 0.1) is 0 Å². The molecule has 0 saturated heterocycles. The minimum atomic E-state index is -0.0825. The van der Waals surface area contributed by atoms with E-state index in [1.807, 2.05) is 6.07 Å². The van der Waals surface area contributed by atoms with Crippen LogP contribution < -0.4 is 10.6 Å². The van der Waals surface area contributed by atoms with E-state index in [-0.39, 0.29) is 5.91 Å². The second-order valence-electron chi connectivity index (χ2n) is 4.21. The Labute approximate surface area is 107 Å². The van der Waals surface area contributed by atoms with Crippen molar-refractivity contribution in [2.45, 2.75) is 12.8 Å². The monoisotopic (exact) mass is 246 g/mol. The summed E-state index contributed by atoms with van der Waals surface area (Å²) in [7, 11) is 0. The number of furan rings is 1. The molecule has 2 N–H and O–H groups in total.